The van der Waals surface area contributed by atoms with Crippen LogP contribution in [0.1, 0.15) is 5.76 Å². The SMILES string of the molecule is [CH2]Cc1cc2cc(Cl)ccc2o1. The smallest absolute Gasteiger partial charge is 0.134 e. The van der Waals surface area contributed by atoms with Gasteiger partial charge in [-0.15, -0.1) is 0 Å². The van der Waals surface area contributed by atoms with Crippen LogP contribution in [0.4, 0.5) is 0 Å². The van der Waals surface area contributed by atoms with E-state index in [0.29, 0.717) is 6.42 Å². The summed E-state index contributed by atoms with van der Waals surface area (Å²) >= 11 is 5.81. The Labute approximate surface area is 75.9 Å². The van der Waals surface area contributed by atoms with Gasteiger partial charge in [-0.25, -0.2) is 0 Å². The summed E-state index contributed by atoms with van der Waals surface area (Å²) in [5.41, 5.74) is 0.873. The van der Waals surface area contributed by atoms with Gasteiger partial charge in [0.15, 0.2) is 0 Å². The summed E-state index contributed by atoms with van der Waals surface area (Å²) in [5.74, 6) is 0.896. The number of furan rings is 1. The monoisotopic (exact) mass is 179 g/mol. The van der Waals surface area contributed by atoms with Crippen LogP contribution in [0.3, 0.4) is 0 Å². The molecule has 2 rings (SSSR count). The van der Waals surface area contributed by atoms with Crippen LogP contribution in [-0.2, 0) is 6.42 Å². The van der Waals surface area contributed by atoms with Crippen LogP contribution in [0, 0.1) is 6.92 Å². The van der Waals surface area contributed by atoms with E-state index in [9.17, 15) is 0 Å². The first-order valence-electron chi connectivity index (χ1n) is 3.77. The van der Waals surface area contributed by atoms with Crippen molar-refractivity contribution in [2.24, 2.45) is 0 Å². The zero-order valence-corrected chi connectivity index (χ0v) is 7.27. The molecule has 0 bridgehead atoms. The molecular weight excluding hydrogens is 172 g/mol. The lowest BCUT2D eigenvalue weighted by atomic mass is 10.2. The molecule has 1 nitrogen and oxygen atoms in total. The zero-order chi connectivity index (χ0) is 8.55. The Kier molecular flexibility index (Phi) is 1.81. The van der Waals surface area contributed by atoms with Gasteiger partial charge in [0.05, 0.1) is 0 Å². The minimum atomic E-state index is 0.673. The van der Waals surface area contributed by atoms with Gasteiger partial charge in [0.2, 0.25) is 0 Å². The summed E-state index contributed by atoms with van der Waals surface area (Å²) in [6.07, 6.45) is 0.673. The van der Waals surface area contributed by atoms with Crippen molar-refractivity contribution >= 4 is 22.6 Å². The van der Waals surface area contributed by atoms with Crippen LogP contribution in [-0.4, -0.2) is 0 Å². The van der Waals surface area contributed by atoms with Crippen LogP contribution in [0.2, 0.25) is 5.02 Å². The minimum Gasteiger partial charge on any atom is -0.461 e. The van der Waals surface area contributed by atoms with Gasteiger partial charge in [0.1, 0.15) is 11.3 Å². The highest BCUT2D eigenvalue weighted by atomic mass is 35.5. The second-order valence-corrected chi connectivity index (χ2v) is 3.08. The molecular formula is C10H8ClO. The summed E-state index contributed by atoms with van der Waals surface area (Å²) in [6.45, 7) is 3.75. The van der Waals surface area contributed by atoms with Crippen molar-refractivity contribution in [3.05, 3.63) is 42.0 Å². The van der Waals surface area contributed by atoms with Gasteiger partial charge in [-0.3, -0.25) is 0 Å². The maximum absolute atomic E-state index is 5.81. The van der Waals surface area contributed by atoms with Gasteiger partial charge in [0.25, 0.3) is 0 Å². The predicted molar refractivity (Wildman–Crippen MR) is 50.3 cm³/mol. The fraction of sp³-hybridized carbons (Fsp3) is 0.100. The Bertz CT molecular complexity index is 403. The molecule has 0 unspecified atom stereocenters. The molecule has 0 aliphatic rings. The summed E-state index contributed by atoms with van der Waals surface area (Å²) in [6, 6.07) is 7.55. The van der Waals surface area contributed by atoms with Crippen molar-refractivity contribution in [2.45, 2.75) is 6.42 Å². The van der Waals surface area contributed by atoms with E-state index in [0.717, 1.165) is 21.8 Å². The molecule has 61 valence electrons. The van der Waals surface area contributed by atoms with E-state index in [1.54, 1.807) is 0 Å². The topological polar surface area (TPSA) is 13.1 Å². The number of hydrogen-bond donors (Lipinski definition) is 0. The third-order valence-corrected chi connectivity index (χ3v) is 2.01. The number of rotatable bonds is 1. The molecule has 1 heterocycles. The lowest BCUT2D eigenvalue weighted by Gasteiger charge is -1.87. The Morgan fingerprint density at radius 2 is 2.17 bits per heavy atom. The number of hydrogen-bond acceptors (Lipinski definition) is 1. The third kappa shape index (κ3) is 1.21. The Morgan fingerprint density at radius 3 is 2.92 bits per heavy atom. The number of halogens is 1. The first-order chi connectivity index (χ1) is 5.79. The Balaban J connectivity index is 2.67. The third-order valence-electron chi connectivity index (χ3n) is 1.78. The van der Waals surface area contributed by atoms with Crippen LogP contribution < -0.4 is 0 Å². The van der Waals surface area contributed by atoms with Crippen molar-refractivity contribution in [3.8, 4) is 0 Å². The molecule has 1 aromatic heterocycles. The lowest BCUT2D eigenvalue weighted by Crippen LogP contribution is -1.67. The van der Waals surface area contributed by atoms with E-state index >= 15 is 0 Å². The average Bonchev–Trinajstić information content (AvgIpc) is 2.46. The van der Waals surface area contributed by atoms with Crippen molar-refractivity contribution in [3.63, 3.8) is 0 Å². The molecule has 2 aromatic rings. The quantitative estimate of drug-likeness (QED) is 0.654. The van der Waals surface area contributed by atoms with Gasteiger partial charge in [-0.1, -0.05) is 11.6 Å². The first kappa shape index (κ1) is 7.69. The van der Waals surface area contributed by atoms with Crippen molar-refractivity contribution < 1.29 is 4.42 Å². The maximum atomic E-state index is 5.81. The predicted octanol–water partition coefficient (Wildman–Crippen LogP) is 3.46. The van der Waals surface area contributed by atoms with Gasteiger partial charge in [0, 0.05) is 16.8 Å². The highest BCUT2D eigenvalue weighted by Crippen LogP contribution is 2.22. The molecule has 2 heteroatoms. The average molecular weight is 180 g/mol. The summed E-state index contributed by atoms with van der Waals surface area (Å²) in [5, 5.41) is 1.78. The molecule has 0 N–H and O–H groups in total. The van der Waals surface area contributed by atoms with Crippen molar-refractivity contribution in [1.29, 1.82) is 0 Å². The highest BCUT2D eigenvalue weighted by molar-refractivity contribution is 6.31. The summed E-state index contributed by atoms with van der Waals surface area (Å²) < 4.78 is 5.45. The van der Waals surface area contributed by atoms with E-state index in [-0.39, 0.29) is 0 Å². The molecule has 0 amide bonds. The molecule has 0 spiro atoms. The van der Waals surface area contributed by atoms with Gasteiger partial charge in [-0.05, 0) is 31.2 Å². The lowest BCUT2D eigenvalue weighted by molar-refractivity contribution is 0.565. The molecule has 0 aliphatic carbocycles. The second-order valence-electron chi connectivity index (χ2n) is 2.64. The van der Waals surface area contributed by atoms with Crippen LogP contribution >= 0.6 is 11.6 Å². The standard InChI is InChI=1S/C10H8ClO/c1-2-9-6-7-5-8(11)3-4-10(7)12-9/h3-6H,1-2H2. The minimum absolute atomic E-state index is 0.673. The molecule has 0 fully saturated rings. The maximum Gasteiger partial charge on any atom is 0.134 e. The van der Waals surface area contributed by atoms with Crippen molar-refractivity contribution in [2.75, 3.05) is 0 Å². The van der Waals surface area contributed by atoms with E-state index < -0.39 is 0 Å². The van der Waals surface area contributed by atoms with E-state index in [2.05, 4.69) is 6.92 Å². The molecule has 1 aromatic carbocycles. The molecule has 12 heavy (non-hydrogen) atoms. The van der Waals surface area contributed by atoms with Crippen LogP contribution in [0.15, 0.2) is 28.7 Å². The number of fused-ring (bicyclic) bond motifs is 1. The van der Waals surface area contributed by atoms with E-state index in [1.165, 1.54) is 0 Å². The first-order valence-corrected chi connectivity index (χ1v) is 4.14. The number of benzene rings is 1. The van der Waals surface area contributed by atoms with Gasteiger partial charge < -0.3 is 4.42 Å². The molecule has 0 atom stereocenters. The van der Waals surface area contributed by atoms with E-state index in [4.69, 9.17) is 16.0 Å². The van der Waals surface area contributed by atoms with Gasteiger partial charge >= 0.3 is 0 Å². The molecule has 0 saturated carbocycles. The zero-order valence-electron chi connectivity index (χ0n) is 6.51. The van der Waals surface area contributed by atoms with E-state index in [1.807, 2.05) is 24.3 Å². The molecule has 1 radical (unpaired) electrons. The summed E-state index contributed by atoms with van der Waals surface area (Å²) in [7, 11) is 0. The van der Waals surface area contributed by atoms with Crippen molar-refractivity contribution in [1.82, 2.24) is 0 Å². The highest BCUT2D eigenvalue weighted by Gasteiger charge is 2.01. The van der Waals surface area contributed by atoms with Crippen LogP contribution in [0.5, 0.6) is 0 Å². The fourth-order valence-corrected chi connectivity index (χ4v) is 1.37. The second kappa shape index (κ2) is 2.83. The Hall–Kier alpha value is -0.950. The summed E-state index contributed by atoms with van der Waals surface area (Å²) in [4.78, 5) is 0. The Morgan fingerprint density at radius 1 is 1.33 bits per heavy atom. The largest absolute Gasteiger partial charge is 0.461 e. The normalized spacial score (nSPS) is 10.8. The molecule has 0 aliphatic heterocycles. The molecule has 0 saturated heterocycles. The van der Waals surface area contributed by atoms with Gasteiger partial charge in [-0.2, -0.15) is 0 Å². The van der Waals surface area contributed by atoms with Crippen LogP contribution in [0.25, 0.3) is 11.0 Å². The fourth-order valence-electron chi connectivity index (χ4n) is 1.19.